The summed E-state index contributed by atoms with van der Waals surface area (Å²) in [7, 11) is 0. The van der Waals surface area contributed by atoms with Crippen molar-refractivity contribution in [3.8, 4) is 0 Å². The van der Waals surface area contributed by atoms with Crippen molar-refractivity contribution >= 4 is 11.6 Å². The average molecular weight is 250 g/mol. The van der Waals surface area contributed by atoms with Gasteiger partial charge in [-0.3, -0.25) is 0 Å². The minimum absolute atomic E-state index is 0.375. The third-order valence-electron chi connectivity index (χ3n) is 3.40. The van der Waals surface area contributed by atoms with Gasteiger partial charge in [-0.1, -0.05) is 36.2 Å². The zero-order valence-corrected chi connectivity index (χ0v) is 11.3. The van der Waals surface area contributed by atoms with Gasteiger partial charge in [0.25, 0.3) is 0 Å². The molecule has 1 aliphatic carbocycles. The van der Waals surface area contributed by atoms with E-state index in [4.69, 9.17) is 11.6 Å². The number of nitrogens with one attached hydrogen (secondary N) is 1. The molecule has 2 heteroatoms. The van der Waals surface area contributed by atoms with E-state index in [-0.39, 0.29) is 0 Å². The van der Waals surface area contributed by atoms with E-state index in [9.17, 15) is 0 Å². The Balaban J connectivity index is 2.31. The highest BCUT2D eigenvalue weighted by molar-refractivity contribution is 6.30. The van der Waals surface area contributed by atoms with Crippen LogP contribution in [0.25, 0.3) is 0 Å². The summed E-state index contributed by atoms with van der Waals surface area (Å²) >= 11 is 6.02. The maximum absolute atomic E-state index is 6.02. The van der Waals surface area contributed by atoms with Crippen molar-refractivity contribution in [1.82, 2.24) is 5.32 Å². The monoisotopic (exact) mass is 249 g/mol. The van der Waals surface area contributed by atoms with Crippen molar-refractivity contribution in [1.29, 1.82) is 0 Å². The van der Waals surface area contributed by atoms with Crippen molar-refractivity contribution in [3.05, 3.63) is 46.0 Å². The second kappa shape index (κ2) is 5.70. The number of rotatable bonds is 4. The normalized spacial score (nSPS) is 17.0. The quantitative estimate of drug-likeness (QED) is 0.780. The topological polar surface area (TPSA) is 12.0 Å². The predicted octanol–water partition coefficient (Wildman–Crippen LogP) is 4.41. The molecule has 0 amide bonds. The van der Waals surface area contributed by atoms with Crippen LogP contribution in [0.5, 0.6) is 0 Å². The van der Waals surface area contributed by atoms with Gasteiger partial charge in [-0.15, -0.1) is 0 Å². The molecule has 1 unspecified atom stereocenters. The van der Waals surface area contributed by atoms with Gasteiger partial charge in [0.15, 0.2) is 0 Å². The number of hydrogen-bond donors (Lipinski definition) is 1. The lowest BCUT2D eigenvalue weighted by Gasteiger charge is -2.22. The van der Waals surface area contributed by atoms with Crippen molar-refractivity contribution < 1.29 is 0 Å². The molecular formula is C15H20ClN. The number of benzene rings is 1. The van der Waals surface area contributed by atoms with Crippen LogP contribution in [-0.4, -0.2) is 6.54 Å². The van der Waals surface area contributed by atoms with E-state index < -0.39 is 0 Å². The van der Waals surface area contributed by atoms with Crippen LogP contribution in [0, 0.1) is 6.92 Å². The van der Waals surface area contributed by atoms with Gasteiger partial charge in [-0.05, 0) is 56.0 Å². The zero-order chi connectivity index (χ0) is 12.3. The van der Waals surface area contributed by atoms with Crippen LogP contribution >= 0.6 is 11.6 Å². The van der Waals surface area contributed by atoms with Crippen LogP contribution in [0.1, 0.15) is 43.4 Å². The fourth-order valence-corrected chi connectivity index (χ4v) is 2.79. The lowest BCUT2D eigenvalue weighted by atomic mass is 9.94. The van der Waals surface area contributed by atoms with Gasteiger partial charge < -0.3 is 5.32 Å². The smallest absolute Gasteiger partial charge is 0.0538 e. The van der Waals surface area contributed by atoms with Crippen LogP contribution in [-0.2, 0) is 0 Å². The molecule has 92 valence electrons. The molecule has 0 spiro atoms. The highest BCUT2D eigenvalue weighted by Gasteiger charge is 2.19. The van der Waals surface area contributed by atoms with Crippen molar-refractivity contribution in [3.63, 3.8) is 0 Å². The lowest BCUT2D eigenvalue weighted by molar-refractivity contribution is 0.603. The molecule has 0 bridgehead atoms. The molecule has 1 aromatic rings. The Kier molecular flexibility index (Phi) is 4.25. The molecule has 1 nitrogen and oxygen atoms in total. The zero-order valence-electron chi connectivity index (χ0n) is 10.6. The van der Waals surface area contributed by atoms with Gasteiger partial charge in [-0.2, -0.15) is 0 Å². The summed E-state index contributed by atoms with van der Waals surface area (Å²) in [6.45, 7) is 5.29. The van der Waals surface area contributed by atoms with Crippen molar-refractivity contribution in [2.24, 2.45) is 0 Å². The second-order valence-corrected chi connectivity index (χ2v) is 5.10. The van der Waals surface area contributed by atoms with Gasteiger partial charge in [0.05, 0.1) is 6.04 Å². The van der Waals surface area contributed by atoms with Crippen molar-refractivity contribution in [2.75, 3.05) is 6.54 Å². The Morgan fingerprint density at radius 3 is 2.82 bits per heavy atom. The summed E-state index contributed by atoms with van der Waals surface area (Å²) in [5, 5.41) is 4.41. The summed E-state index contributed by atoms with van der Waals surface area (Å²) in [6, 6.07) is 6.57. The fourth-order valence-electron chi connectivity index (χ4n) is 2.57. The summed E-state index contributed by atoms with van der Waals surface area (Å²) in [5.41, 5.74) is 4.18. The van der Waals surface area contributed by atoms with E-state index in [1.54, 1.807) is 0 Å². The first kappa shape index (κ1) is 12.7. The molecule has 0 aliphatic heterocycles. The van der Waals surface area contributed by atoms with Gasteiger partial charge in [-0.25, -0.2) is 0 Å². The molecule has 2 rings (SSSR count). The minimum atomic E-state index is 0.375. The highest BCUT2D eigenvalue weighted by atomic mass is 35.5. The Morgan fingerprint density at radius 2 is 2.24 bits per heavy atom. The molecular weight excluding hydrogens is 230 g/mol. The van der Waals surface area contributed by atoms with Crippen LogP contribution < -0.4 is 5.32 Å². The molecule has 1 N–H and O–H groups in total. The summed E-state index contributed by atoms with van der Waals surface area (Å²) in [5.74, 6) is 0. The summed E-state index contributed by atoms with van der Waals surface area (Å²) in [6.07, 6.45) is 6.13. The molecule has 1 aliphatic rings. The number of likely N-dealkylation sites (N-methyl/N-ethyl adjacent to an activating group) is 1. The average Bonchev–Trinajstić information content (AvgIpc) is 2.80. The minimum Gasteiger partial charge on any atom is -0.307 e. The van der Waals surface area contributed by atoms with Crippen LogP contribution in [0.4, 0.5) is 0 Å². The van der Waals surface area contributed by atoms with E-state index in [1.165, 1.54) is 36.0 Å². The van der Waals surface area contributed by atoms with Crippen LogP contribution in [0.3, 0.4) is 0 Å². The van der Waals surface area contributed by atoms with Gasteiger partial charge in [0, 0.05) is 5.02 Å². The van der Waals surface area contributed by atoms with E-state index >= 15 is 0 Å². The molecule has 0 radical (unpaired) electrons. The summed E-state index contributed by atoms with van der Waals surface area (Å²) < 4.78 is 0. The standard InChI is InChI=1S/C15H20ClN/c1-3-17-15(12-6-4-5-7-12)14-9-8-13(16)10-11(14)2/h6,8-10,15,17H,3-5,7H2,1-2H3. The first-order valence-corrected chi connectivity index (χ1v) is 6.78. The van der Waals surface area contributed by atoms with Gasteiger partial charge in [0.1, 0.15) is 0 Å². The molecule has 1 atom stereocenters. The Bertz CT molecular complexity index is 423. The number of aryl methyl sites for hydroxylation is 1. The molecule has 0 aromatic heterocycles. The first-order valence-electron chi connectivity index (χ1n) is 6.40. The summed E-state index contributed by atoms with van der Waals surface area (Å²) in [4.78, 5) is 0. The largest absolute Gasteiger partial charge is 0.307 e. The van der Waals surface area contributed by atoms with Gasteiger partial charge >= 0.3 is 0 Å². The lowest BCUT2D eigenvalue weighted by Crippen LogP contribution is -2.23. The third-order valence-corrected chi connectivity index (χ3v) is 3.63. The highest BCUT2D eigenvalue weighted by Crippen LogP contribution is 2.32. The maximum Gasteiger partial charge on any atom is 0.0538 e. The maximum atomic E-state index is 6.02. The third kappa shape index (κ3) is 2.91. The van der Waals surface area contributed by atoms with E-state index in [0.717, 1.165) is 11.6 Å². The molecule has 1 aromatic carbocycles. The van der Waals surface area contributed by atoms with Crippen LogP contribution in [0.15, 0.2) is 29.8 Å². The number of halogens is 1. The fraction of sp³-hybridized carbons (Fsp3) is 0.467. The SMILES string of the molecule is CCNC(C1=CCCC1)c1ccc(Cl)cc1C. The number of allylic oxidation sites excluding steroid dienone is 1. The first-order chi connectivity index (χ1) is 8.22. The molecule has 17 heavy (non-hydrogen) atoms. The molecule has 0 heterocycles. The van der Waals surface area contributed by atoms with E-state index in [1.807, 2.05) is 6.07 Å². The molecule has 0 fully saturated rings. The Hall–Kier alpha value is -0.790. The Morgan fingerprint density at radius 1 is 1.41 bits per heavy atom. The number of hydrogen-bond acceptors (Lipinski definition) is 1. The predicted molar refractivity (Wildman–Crippen MR) is 74.5 cm³/mol. The van der Waals surface area contributed by atoms with Crippen molar-refractivity contribution in [2.45, 2.75) is 39.2 Å². The van der Waals surface area contributed by atoms with E-state index in [0.29, 0.717) is 6.04 Å². The van der Waals surface area contributed by atoms with Crippen LogP contribution in [0.2, 0.25) is 5.02 Å². The molecule has 0 saturated heterocycles. The second-order valence-electron chi connectivity index (χ2n) is 4.66. The van der Waals surface area contributed by atoms with E-state index in [2.05, 4.69) is 37.4 Å². The molecule has 0 saturated carbocycles. The van der Waals surface area contributed by atoms with Gasteiger partial charge in [0.2, 0.25) is 0 Å². The Labute approximate surface area is 109 Å².